The Kier molecular flexibility index (Phi) is 3.35. The summed E-state index contributed by atoms with van der Waals surface area (Å²) >= 11 is 0. The number of halogens is 1. The lowest BCUT2D eigenvalue weighted by Crippen LogP contribution is -2.12. The van der Waals surface area contributed by atoms with E-state index in [1.807, 2.05) is 0 Å². The van der Waals surface area contributed by atoms with Gasteiger partial charge in [-0.05, 0) is 6.92 Å². The Balaban J connectivity index is 3.32. The molecule has 0 unspecified atom stereocenters. The van der Waals surface area contributed by atoms with E-state index < -0.39 is 12.0 Å². The second kappa shape index (κ2) is 3.55. The Labute approximate surface area is 47.3 Å². The molecule has 48 valence electrons. The van der Waals surface area contributed by atoms with Crippen molar-refractivity contribution in [2.75, 3.05) is 6.61 Å². The maximum atomic E-state index is 12.0. The number of rotatable bonds is 3. The van der Waals surface area contributed by atoms with Crippen LogP contribution in [0, 0.1) is 0 Å². The molecule has 0 aromatic heterocycles. The molecule has 0 saturated carbocycles. The van der Waals surface area contributed by atoms with Gasteiger partial charge in [0.2, 0.25) is 0 Å². The van der Waals surface area contributed by atoms with E-state index in [9.17, 15) is 9.18 Å². The molecule has 0 aliphatic heterocycles. The van der Waals surface area contributed by atoms with Crippen LogP contribution in [-0.2, 0) is 4.79 Å². The highest BCUT2D eigenvalue weighted by atomic mass is 19.1. The van der Waals surface area contributed by atoms with Crippen LogP contribution in [0.1, 0.15) is 13.3 Å². The fourth-order valence-electron chi connectivity index (χ4n) is 0.317. The first-order valence-corrected chi connectivity index (χ1v) is 2.44. The number of aliphatic hydroxyl groups is 1. The number of carbonyl (C=O) groups excluding carboxylic acids is 1. The summed E-state index contributed by atoms with van der Waals surface area (Å²) in [5.41, 5.74) is 0. The van der Waals surface area contributed by atoms with E-state index in [4.69, 9.17) is 5.11 Å². The standard InChI is InChI=1S/C5H9FO2/c1-4(8)5(6)2-3-7/h5,7H,2-3H2,1H3/t5-/m1/s1. The van der Waals surface area contributed by atoms with Gasteiger partial charge in [-0.25, -0.2) is 4.39 Å². The van der Waals surface area contributed by atoms with E-state index in [2.05, 4.69) is 0 Å². The Bertz CT molecular complexity index is 82.5. The van der Waals surface area contributed by atoms with E-state index in [0.29, 0.717) is 0 Å². The van der Waals surface area contributed by atoms with Gasteiger partial charge in [-0.2, -0.15) is 0 Å². The van der Waals surface area contributed by atoms with Crippen molar-refractivity contribution in [1.82, 2.24) is 0 Å². The minimum atomic E-state index is -1.47. The number of hydrogen-bond donors (Lipinski definition) is 1. The first-order chi connectivity index (χ1) is 3.68. The summed E-state index contributed by atoms with van der Waals surface area (Å²) in [7, 11) is 0. The number of carbonyl (C=O) groups is 1. The minimum Gasteiger partial charge on any atom is -0.396 e. The van der Waals surface area contributed by atoms with Crippen LogP contribution in [-0.4, -0.2) is 23.7 Å². The van der Waals surface area contributed by atoms with E-state index in [0.717, 1.165) is 0 Å². The lowest BCUT2D eigenvalue weighted by molar-refractivity contribution is -0.122. The van der Waals surface area contributed by atoms with Gasteiger partial charge in [-0.1, -0.05) is 0 Å². The Hall–Kier alpha value is -0.440. The Morgan fingerprint density at radius 1 is 1.88 bits per heavy atom. The molecule has 0 fully saturated rings. The van der Waals surface area contributed by atoms with Crippen LogP contribution in [0.25, 0.3) is 0 Å². The van der Waals surface area contributed by atoms with Crippen LogP contribution in [0.15, 0.2) is 0 Å². The van der Waals surface area contributed by atoms with Crippen molar-refractivity contribution in [2.24, 2.45) is 0 Å². The molecule has 3 heteroatoms. The van der Waals surface area contributed by atoms with Crippen molar-refractivity contribution in [3.8, 4) is 0 Å². The molecule has 1 atom stereocenters. The molecule has 0 aromatic rings. The maximum absolute atomic E-state index is 12.0. The molecule has 0 rings (SSSR count). The SMILES string of the molecule is CC(=O)[C@H](F)CCO. The lowest BCUT2D eigenvalue weighted by atomic mass is 10.2. The van der Waals surface area contributed by atoms with E-state index in [1.54, 1.807) is 0 Å². The molecule has 0 heterocycles. The third-order valence-corrected chi connectivity index (χ3v) is 0.824. The molecule has 0 radical (unpaired) electrons. The van der Waals surface area contributed by atoms with Gasteiger partial charge >= 0.3 is 0 Å². The summed E-state index contributed by atoms with van der Waals surface area (Å²) in [6.45, 7) is 0.904. The van der Waals surface area contributed by atoms with Crippen LogP contribution in [0.3, 0.4) is 0 Å². The lowest BCUT2D eigenvalue weighted by Gasteiger charge is -1.97. The average molecular weight is 120 g/mol. The molecule has 1 N–H and O–H groups in total. The van der Waals surface area contributed by atoms with Gasteiger partial charge in [-0.15, -0.1) is 0 Å². The summed E-state index contributed by atoms with van der Waals surface area (Å²) in [4.78, 5) is 10.0. The largest absolute Gasteiger partial charge is 0.396 e. The predicted octanol–water partition coefficient (Wildman–Crippen LogP) is 0.296. The second-order valence-electron chi connectivity index (χ2n) is 1.59. The first kappa shape index (κ1) is 7.56. The van der Waals surface area contributed by atoms with Gasteiger partial charge in [0, 0.05) is 13.0 Å². The average Bonchev–Trinajstić information content (AvgIpc) is 1.67. The van der Waals surface area contributed by atoms with E-state index >= 15 is 0 Å². The molecule has 0 aliphatic carbocycles. The number of ketones is 1. The van der Waals surface area contributed by atoms with Crippen molar-refractivity contribution in [2.45, 2.75) is 19.5 Å². The number of alkyl halides is 1. The van der Waals surface area contributed by atoms with E-state index in [-0.39, 0.29) is 13.0 Å². The number of aliphatic hydroxyl groups excluding tert-OH is 1. The van der Waals surface area contributed by atoms with Crippen LogP contribution >= 0.6 is 0 Å². The molecule has 8 heavy (non-hydrogen) atoms. The third-order valence-electron chi connectivity index (χ3n) is 0.824. The summed E-state index contributed by atoms with van der Waals surface area (Å²) in [6, 6.07) is 0. The summed E-state index contributed by atoms with van der Waals surface area (Å²) in [5, 5.41) is 8.09. The highest BCUT2D eigenvalue weighted by Crippen LogP contribution is 1.96. The number of Topliss-reactive ketones (excluding diaryl/α,β-unsaturated/α-hetero) is 1. The van der Waals surface area contributed by atoms with Gasteiger partial charge < -0.3 is 5.11 Å². The van der Waals surface area contributed by atoms with Gasteiger partial charge in [0.25, 0.3) is 0 Å². The number of hydrogen-bond acceptors (Lipinski definition) is 2. The fourth-order valence-corrected chi connectivity index (χ4v) is 0.317. The Morgan fingerprint density at radius 3 is 2.50 bits per heavy atom. The molecular weight excluding hydrogens is 111 g/mol. The van der Waals surface area contributed by atoms with Crippen molar-refractivity contribution in [1.29, 1.82) is 0 Å². The van der Waals surface area contributed by atoms with Gasteiger partial charge in [0.15, 0.2) is 12.0 Å². The minimum absolute atomic E-state index is 0.0741. The summed E-state index contributed by atoms with van der Waals surface area (Å²) in [6.07, 6.45) is -1.55. The third kappa shape index (κ3) is 2.69. The van der Waals surface area contributed by atoms with Crippen LogP contribution in [0.2, 0.25) is 0 Å². The highest BCUT2D eigenvalue weighted by molar-refractivity contribution is 5.80. The van der Waals surface area contributed by atoms with Crippen molar-refractivity contribution in [3.63, 3.8) is 0 Å². The van der Waals surface area contributed by atoms with Crippen molar-refractivity contribution in [3.05, 3.63) is 0 Å². The molecular formula is C5H9FO2. The predicted molar refractivity (Wildman–Crippen MR) is 27.3 cm³/mol. The maximum Gasteiger partial charge on any atom is 0.163 e. The molecule has 0 saturated heterocycles. The fraction of sp³-hybridized carbons (Fsp3) is 0.800. The summed E-state index contributed by atoms with van der Waals surface area (Å²) in [5.74, 6) is -0.515. The topological polar surface area (TPSA) is 37.3 Å². The monoisotopic (exact) mass is 120 g/mol. The van der Waals surface area contributed by atoms with Crippen molar-refractivity contribution < 1.29 is 14.3 Å². The van der Waals surface area contributed by atoms with Crippen molar-refractivity contribution >= 4 is 5.78 Å². The van der Waals surface area contributed by atoms with E-state index in [1.165, 1.54) is 6.92 Å². The van der Waals surface area contributed by atoms with Gasteiger partial charge in [-0.3, -0.25) is 4.79 Å². The molecule has 2 nitrogen and oxygen atoms in total. The van der Waals surface area contributed by atoms with Crippen LogP contribution < -0.4 is 0 Å². The van der Waals surface area contributed by atoms with Gasteiger partial charge in [0.05, 0.1) is 0 Å². The molecule has 0 aromatic carbocycles. The van der Waals surface area contributed by atoms with Gasteiger partial charge in [0.1, 0.15) is 0 Å². The van der Waals surface area contributed by atoms with Crippen LogP contribution in [0.5, 0.6) is 0 Å². The zero-order valence-electron chi connectivity index (χ0n) is 4.72. The molecule has 0 spiro atoms. The normalized spacial score (nSPS) is 13.4. The first-order valence-electron chi connectivity index (χ1n) is 2.44. The molecule has 0 amide bonds. The highest BCUT2D eigenvalue weighted by Gasteiger charge is 2.09. The molecule has 0 aliphatic rings. The molecule has 0 bridgehead atoms. The second-order valence-corrected chi connectivity index (χ2v) is 1.59. The summed E-state index contributed by atoms with van der Waals surface area (Å²) < 4.78 is 12.0. The zero-order chi connectivity index (χ0) is 6.57. The van der Waals surface area contributed by atoms with Crippen LogP contribution in [0.4, 0.5) is 4.39 Å². The quantitative estimate of drug-likeness (QED) is 0.581. The zero-order valence-corrected chi connectivity index (χ0v) is 4.72. The Morgan fingerprint density at radius 2 is 2.38 bits per heavy atom. The smallest absolute Gasteiger partial charge is 0.163 e.